The lowest BCUT2D eigenvalue weighted by Crippen LogP contribution is -2.54. The molecule has 1 atom stereocenters. The number of imide groups is 2. The summed E-state index contributed by atoms with van der Waals surface area (Å²) in [5.41, 5.74) is 4.48. The van der Waals surface area contributed by atoms with Gasteiger partial charge in [0.1, 0.15) is 6.04 Å². The molecule has 1 unspecified atom stereocenters. The normalized spacial score (nSPS) is 21.2. The van der Waals surface area contributed by atoms with Crippen LogP contribution in [0.4, 0.5) is 5.69 Å². The van der Waals surface area contributed by atoms with Crippen molar-refractivity contribution in [1.29, 1.82) is 0 Å². The quantitative estimate of drug-likeness (QED) is 0.185. The fourth-order valence-corrected chi connectivity index (χ4v) is 9.26. The van der Waals surface area contributed by atoms with Crippen LogP contribution >= 0.6 is 11.8 Å². The van der Waals surface area contributed by atoms with Crippen molar-refractivity contribution in [1.82, 2.24) is 20.0 Å². The molecule has 0 aliphatic carbocycles. The van der Waals surface area contributed by atoms with Crippen molar-refractivity contribution in [2.24, 2.45) is 0 Å². The second-order valence-corrected chi connectivity index (χ2v) is 15.1. The minimum atomic E-state index is -0.951. The number of hydrogen-bond acceptors (Lipinski definition) is 9. The number of piperidine rings is 1. The van der Waals surface area contributed by atoms with Crippen LogP contribution in [0.15, 0.2) is 76.5 Å². The molecule has 8 rings (SSSR count). The molecule has 10 nitrogen and oxygen atoms in total. The third-order valence-corrected chi connectivity index (χ3v) is 12.0. The number of nitrogens with one attached hydrogen (secondary N) is 1. The smallest absolute Gasteiger partial charge is 0.262 e. The first-order chi connectivity index (χ1) is 24.4. The molecule has 1 N–H and O–H groups in total. The van der Waals surface area contributed by atoms with Gasteiger partial charge < -0.3 is 9.64 Å². The molecule has 0 bridgehead atoms. The Morgan fingerprint density at radius 2 is 1.46 bits per heavy atom. The highest BCUT2D eigenvalue weighted by molar-refractivity contribution is 8.00. The van der Waals surface area contributed by atoms with Gasteiger partial charge in [0, 0.05) is 74.3 Å². The Kier molecular flexibility index (Phi) is 9.52. The maximum absolute atomic E-state index is 13.2. The van der Waals surface area contributed by atoms with E-state index in [9.17, 15) is 19.2 Å². The molecule has 0 spiro atoms. The van der Waals surface area contributed by atoms with Gasteiger partial charge in [-0.15, -0.1) is 0 Å². The lowest BCUT2D eigenvalue weighted by molar-refractivity contribution is -0.136. The molecular weight excluding hydrogens is 649 g/mol. The molecule has 3 fully saturated rings. The van der Waals surface area contributed by atoms with Gasteiger partial charge in [0.2, 0.25) is 18.5 Å². The van der Waals surface area contributed by atoms with Gasteiger partial charge in [-0.05, 0) is 56.1 Å². The number of rotatable bonds is 11. The van der Waals surface area contributed by atoms with Crippen LogP contribution in [0.25, 0.3) is 0 Å². The zero-order chi connectivity index (χ0) is 34.2. The number of anilines is 1. The van der Waals surface area contributed by atoms with E-state index in [4.69, 9.17) is 4.74 Å². The van der Waals surface area contributed by atoms with Gasteiger partial charge in [-0.1, -0.05) is 65.4 Å². The Morgan fingerprint density at radius 3 is 2.18 bits per heavy atom. The second-order valence-electron chi connectivity index (χ2n) is 14.0. The summed E-state index contributed by atoms with van der Waals surface area (Å²) in [4.78, 5) is 61.3. The fourth-order valence-electron chi connectivity index (χ4n) is 8.07. The minimum absolute atomic E-state index is 0.109. The summed E-state index contributed by atoms with van der Waals surface area (Å²) in [6.45, 7) is 8.88. The highest BCUT2D eigenvalue weighted by Gasteiger charge is 2.45. The summed E-state index contributed by atoms with van der Waals surface area (Å²) in [6.07, 6.45) is 3.94. The van der Waals surface area contributed by atoms with Crippen LogP contribution < -0.4 is 21.1 Å². The number of fused-ring (bicyclic) bond motifs is 3. The third kappa shape index (κ3) is 6.61. The number of carbonyl (C=O) groups excluding carboxylic acids is 4. The van der Waals surface area contributed by atoms with E-state index in [1.165, 1.54) is 27.1 Å². The third-order valence-electron chi connectivity index (χ3n) is 10.8. The molecule has 0 radical (unpaired) electrons. The lowest BCUT2D eigenvalue weighted by atomic mass is 9.38. The van der Waals surface area contributed by atoms with Crippen molar-refractivity contribution in [3.63, 3.8) is 0 Å². The summed E-state index contributed by atoms with van der Waals surface area (Å²) in [7, 11) is 0. The first kappa shape index (κ1) is 33.2. The first-order valence-electron chi connectivity index (χ1n) is 18.0. The second kappa shape index (κ2) is 14.3. The highest BCUT2D eigenvalue weighted by atomic mass is 32.2. The minimum Gasteiger partial charge on any atom is -0.376 e. The van der Waals surface area contributed by atoms with Crippen molar-refractivity contribution in [2.75, 3.05) is 63.9 Å². The number of benzene rings is 3. The van der Waals surface area contributed by atoms with Gasteiger partial charge in [0.05, 0.1) is 17.2 Å². The van der Waals surface area contributed by atoms with Crippen LogP contribution in [0.3, 0.4) is 0 Å². The van der Waals surface area contributed by atoms with Crippen LogP contribution in [-0.2, 0) is 14.3 Å². The maximum Gasteiger partial charge on any atom is 0.262 e. The predicted molar refractivity (Wildman–Crippen MR) is 194 cm³/mol. The zero-order valence-electron chi connectivity index (χ0n) is 28.2. The summed E-state index contributed by atoms with van der Waals surface area (Å²) >= 11 is 1.90. The van der Waals surface area contributed by atoms with Crippen LogP contribution in [0.5, 0.6) is 0 Å². The molecule has 3 aromatic rings. The molecular formula is C38H42BN5O5S. The van der Waals surface area contributed by atoms with Crippen molar-refractivity contribution >= 4 is 58.7 Å². The van der Waals surface area contributed by atoms with Crippen molar-refractivity contribution < 1.29 is 23.9 Å². The molecule has 3 aromatic carbocycles. The van der Waals surface area contributed by atoms with Crippen LogP contribution in [-0.4, -0.2) is 116 Å². The van der Waals surface area contributed by atoms with Crippen molar-refractivity contribution in [2.45, 2.75) is 53.9 Å². The Bertz CT molecular complexity index is 1760. The van der Waals surface area contributed by atoms with Crippen molar-refractivity contribution in [3.05, 3.63) is 77.9 Å². The maximum atomic E-state index is 13.2. The number of ether oxygens (including phenoxy) is 1. The van der Waals surface area contributed by atoms with E-state index in [0.29, 0.717) is 23.9 Å². The van der Waals surface area contributed by atoms with Gasteiger partial charge in [-0.3, -0.25) is 39.2 Å². The largest absolute Gasteiger partial charge is 0.376 e. The number of likely N-dealkylation sites (tertiary alicyclic amines) is 1. The molecule has 0 saturated carbocycles. The van der Waals surface area contributed by atoms with E-state index in [0.717, 1.165) is 82.3 Å². The molecule has 3 saturated heterocycles. The molecule has 0 aromatic heterocycles. The molecule has 4 amide bonds. The van der Waals surface area contributed by atoms with Crippen LogP contribution in [0.1, 0.15) is 46.4 Å². The summed E-state index contributed by atoms with van der Waals surface area (Å²) in [5, 5.41) is 2.25. The molecule has 50 heavy (non-hydrogen) atoms. The number of hydrogen-bond donors (Lipinski definition) is 1. The molecule has 5 aliphatic rings. The van der Waals surface area contributed by atoms with E-state index in [1.807, 2.05) is 17.8 Å². The van der Waals surface area contributed by atoms with Gasteiger partial charge in [0.15, 0.2) is 0 Å². The number of amides is 4. The zero-order valence-corrected chi connectivity index (χ0v) is 29.0. The lowest BCUT2D eigenvalue weighted by Gasteiger charge is -2.39. The number of carbonyl (C=O) groups is 4. The predicted octanol–water partition coefficient (Wildman–Crippen LogP) is 2.46. The Balaban J connectivity index is 0.732. The number of piperazine rings is 1. The first-order valence-corrected chi connectivity index (χ1v) is 18.8. The van der Waals surface area contributed by atoms with E-state index < -0.39 is 23.8 Å². The Hall–Kier alpha value is -3.97. The summed E-state index contributed by atoms with van der Waals surface area (Å²) in [6, 6.07) is 22.2. The average molecular weight is 692 g/mol. The molecule has 12 heteroatoms. The Morgan fingerprint density at radius 1 is 0.780 bits per heavy atom. The van der Waals surface area contributed by atoms with E-state index in [2.05, 4.69) is 68.5 Å². The topological polar surface area (TPSA) is 102 Å². The molecule has 5 aliphatic heterocycles. The molecule has 258 valence electrons. The van der Waals surface area contributed by atoms with Gasteiger partial charge >= 0.3 is 0 Å². The van der Waals surface area contributed by atoms with E-state index in [-0.39, 0.29) is 18.7 Å². The highest BCUT2D eigenvalue weighted by Crippen LogP contribution is 2.32. The van der Waals surface area contributed by atoms with Gasteiger partial charge in [-0.2, -0.15) is 0 Å². The van der Waals surface area contributed by atoms with E-state index in [1.54, 1.807) is 12.1 Å². The van der Waals surface area contributed by atoms with Gasteiger partial charge in [0.25, 0.3) is 11.8 Å². The average Bonchev–Trinajstić information content (AvgIpc) is 3.36. The van der Waals surface area contributed by atoms with Crippen LogP contribution in [0.2, 0.25) is 6.32 Å². The molecule has 5 heterocycles. The summed E-state index contributed by atoms with van der Waals surface area (Å²) < 4.78 is 6.22. The SMILES string of the molecule is O=C1CCC(N2C(=O)c3ccc(N4CCN(CCCOC5CN(CCCB6c7ccccc7Sc7ccccc76)C5)CC4)cc3C2=O)C(=O)N1. The monoisotopic (exact) mass is 691 g/mol. The summed E-state index contributed by atoms with van der Waals surface area (Å²) in [5.74, 6) is -1.91. The number of nitrogens with zero attached hydrogens (tertiary/aromatic N) is 4. The fraction of sp³-hybridized carbons (Fsp3) is 0.421. The van der Waals surface area contributed by atoms with Crippen molar-refractivity contribution in [3.8, 4) is 0 Å². The van der Waals surface area contributed by atoms with E-state index >= 15 is 0 Å². The van der Waals surface area contributed by atoms with Gasteiger partial charge in [-0.25, -0.2) is 0 Å². The van der Waals surface area contributed by atoms with Crippen LogP contribution in [0, 0.1) is 0 Å². The Labute approximate surface area is 297 Å². The standard InChI is InChI=1S/C38H42BN5O5S/c45-35-14-13-32(36(46)40-35)44-37(47)28-12-11-26(23-29(28)38(44)48)43-20-18-41(19-21-43)17-6-22-49-27-24-42(25-27)16-5-15-39-30-7-1-3-9-33(30)50-34-10-4-2-8-31(34)39/h1-4,7-12,23,27,32H,5-6,13-22,24-25H2,(H,40,45,46).